The minimum atomic E-state index is -4.56. The number of carbonyl (C=O) groups excluding carboxylic acids is 2. The Morgan fingerprint density at radius 2 is 1.52 bits per heavy atom. The van der Waals surface area contributed by atoms with Crippen molar-refractivity contribution in [3.63, 3.8) is 0 Å². The second-order valence-electron chi connectivity index (χ2n) is 6.12. The van der Waals surface area contributed by atoms with Gasteiger partial charge < -0.3 is 5.32 Å². The second-order valence-corrected chi connectivity index (χ2v) is 6.12. The van der Waals surface area contributed by atoms with Crippen LogP contribution in [0, 0.1) is 0 Å². The number of amides is 2. The van der Waals surface area contributed by atoms with Gasteiger partial charge >= 0.3 is 6.18 Å². The number of rotatable bonds is 6. The van der Waals surface area contributed by atoms with Crippen LogP contribution in [0.3, 0.4) is 0 Å². The summed E-state index contributed by atoms with van der Waals surface area (Å²) in [5, 5.41) is 2.21. The van der Waals surface area contributed by atoms with E-state index in [0.29, 0.717) is 18.4 Å². The summed E-state index contributed by atoms with van der Waals surface area (Å²) in [4.78, 5) is 22.3. The van der Waals surface area contributed by atoms with E-state index in [0.717, 1.165) is 24.1 Å². The highest BCUT2D eigenvalue weighted by atomic mass is 19.4. The molecule has 4 N–H and O–H groups in total. The van der Waals surface area contributed by atoms with Crippen LogP contribution in [0.5, 0.6) is 0 Å². The number of hydrogen-bond acceptors (Lipinski definition) is 3. The lowest BCUT2D eigenvalue weighted by Crippen LogP contribution is -2.31. The fourth-order valence-corrected chi connectivity index (χ4v) is 2.63. The predicted octanol–water partition coefficient (Wildman–Crippen LogP) is 2.98. The SMILES string of the molecule is CC(=O)Nc1ccc(CCc2ccc(CC(=O)NN)cc2)cc1C(F)(F)F. The quantitative estimate of drug-likeness (QED) is 0.410. The molecule has 0 saturated carbocycles. The summed E-state index contributed by atoms with van der Waals surface area (Å²) in [6.07, 6.45) is -3.44. The van der Waals surface area contributed by atoms with Crippen LogP contribution >= 0.6 is 0 Å². The Hall–Kier alpha value is -2.87. The molecule has 2 aromatic carbocycles. The first-order valence-electron chi connectivity index (χ1n) is 8.24. The van der Waals surface area contributed by atoms with E-state index in [2.05, 4.69) is 10.7 Å². The fourth-order valence-electron chi connectivity index (χ4n) is 2.63. The molecule has 2 rings (SSSR count). The second kappa shape index (κ2) is 8.68. The number of hydrogen-bond donors (Lipinski definition) is 3. The maximum atomic E-state index is 13.2. The molecule has 0 aliphatic heterocycles. The standard InChI is InChI=1S/C19H20F3N3O2/c1-12(26)24-17-9-8-14(10-16(17)19(20,21)22)5-2-13-3-6-15(7-4-13)11-18(27)25-23/h3-4,6-10H,2,5,11,23H2,1H3,(H,24,26)(H,25,27). The largest absolute Gasteiger partial charge is 0.418 e. The number of anilines is 1. The van der Waals surface area contributed by atoms with Crippen molar-refractivity contribution in [1.29, 1.82) is 0 Å². The lowest BCUT2D eigenvalue weighted by molar-refractivity contribution is -0.137. The van der Waals surface area contributed by atoms with E-state index in [-0.39, 0.29) is 18.0 Å². The van der Waals surface area contributed by atoms with E-state index in [1.54, 1.807) is 18.2 Å². The summed E-state index contributed by atoms with van der Waals surface area (Å²) in [6, 6.07) is 11.1. The van der Waals surface area contributed by atoms with Crippen molar-refractivity contribution < 1.29 is 22.8 Å². The molecule has 8 heteroatoms. The first-order valence-corrected chi connectivity index (χ1v) is 8.24. The van der Waals surface area contributed by atoms with Crippen molar-refractivity contribution in [3.05, 3.63) is 64.7 Å². The van der Waals surface area contributed by atoms with E-state index in [1.165, 1.54) is 6.07 Å². The molecule has 0 radical (unpaired) electrons. The number of alkyl halides is 3. The van der Waals surface area contributed by atoms with E-state index in [9.17, 15) is 22.8 Å². The van der Waals surface area contributed by atoms with Crippen LogP contribution in [-0.4, -0.2) is 11.8 Å². The Morgan fingerprint density at radius 1 is 0.963 bits per heavy atom. The van der Waals surface area contributed by atoms with Crippen LogP contribution in [-0.2, 0) is 35.0 Å². The molecule has 0 fully saturated rings. The highest BCUT2D eigenvalue weighted by molar-refractivity contribution is 5.89. The molecule has 0 spiro atoms. The lowest BCUT2D eigenvalue weighted by atomic mass is 10.00. The summed E-state index contributed by atoms with van der Waals surface area (Å²) in [6.45, 7) is 1.16. The number of benzene rings is 2. The fraction of sp³-hybridized carbons (Fsp3) is 0.263. The summed E-state index contributed by atoms with van der Waals surface area (Å²) in [7, 11) is 0. The summed E-state index contributed by atoms with van der Waals surface area (Å²) < 4.78 is 39.7. The normalized spacial score (nSPS) is 11.1. The summed E-state index contributed by atoms with van der Waals surface area (Å²) >= 11 is 0. The van der Waals surface area contributed by atoms with Gasteiger partial charge in [-0.15, -0.1) is 0 Å². The molecule has 0 aliphatic rings. The van der Waals surface area contributed by atoms with Crippen LogP contribution in [0.25, 0.3) is 0 Å². The van der Waals surface area contributed by atoms with Crippen molar-refractivity contribution in [2.24, 2.45) is 5.84 Å². The first-order chi connectivity index (χ1) is 12.7. The van der Waals surface area contributed by atoms with Gasteiger partial charge in [0.05, 0.1) is 17.7 Å². The van der Waals surface area contributed by atoms with Crippen molar-refractivity contribution in [3.8, 4) is 0 Å². The molecule has 0 bridgehead atoms. The Morgan fingerprint density at radius 3 is 2.07 bits per heavy atom. The zero-order valence-corrected chi connectivity index (χ0v) is 14.7. The van der Waals surface area contributed by atoms with Gasteiger partial charge in [0, 0.05) is 6.92 Å². The van der Waals surface area contributed by atoms with E-state index in [1.807, 2.05) is 12.1 Å². The lowest BCUT2D eigenvalue weighted by Gasteiger charge is -2.15. The number of nitrogens with one attached hydrogen (secondary N) is 2. The third kappa shape index (κ3) is 6.10. The zero-order chi connectivity index (χ0) is 20.0. The number of aryl methyl sites for hydroxylation is 2. The van der Waals surface area contributed by atoms with Crippen molar-refractivity contribution in [2.45, 2.75) is 32.4 Å². The van der Waals surface area contributed by atoms with Crippen molar-refractivity contribution >= 4 is 17.5 Å². The summed E-state index contributed by atoms with van der Waals surface area (Å²) in [5.74, 6) is 4.18. The molecular formula is C19H20F3N3O2. The van der Waals surface area contributed by atoms with Gasteiger partial charge in [0.1, 0.15) is 0 Å². The third-order valence-corrected chi connectivity index (χ3v) is 3.95. The number of nitrogens with two attached hydrogens (primary N) is 1. The van der Waals surface area contributed by atoms with Crippen LogP contribution in [0.15, 0.2) is 42.5 Å². The van der Waals surface area contributed by atoms with Gasteiger partial charge in [-0.1, -0.05) is 30.3 Å². The van der Waals surface area contributed by atoms with Crippen molar-refractivity contribution in [1.82, 2.24) is 5.43 Å². The zero-order valence-electron chi connectivity index (χ0n) is 14.7. The van der Waals surface area contributed by atoms with Gasteiger partial charge in [0.25, 0.3) is 0 Å². The van der Waals surface area contributed by atoms with Crippen LogP contribution < -0.4 is 16.6 Å². The number of halogens is 3. The van der Waals surface area contributed by atoms with Gasteiger partial charge in [0.2, 0.25) is 11.8 Å². The van der Waals surface area contributed by atoms with Crippen LogP contribution in [0.4, 0.5) is 18.9 Å². The molecule has 0 atom stereocenters. The highest BCUT2D eigenvalue weighted by Gasteiger charge is 2.34. The topological polar surface area (TPSA) is 84.2 Å². The monoisotopic (exact) mass is 379 g/mol. The van der Waals surface area contributed by atoms with E-state index in [4.69, 9.17) is 5.84 Å². The molecule has 0 aliphatic carbocycles. The molecular weight excluding hydrogens is 359 g/mol. The number of hydrazine groups is 1. The third-order valence-electron chi connectivity index (χ3n) is 3.95. The van der Waals surface area contributed by atoms with Crippen LogP contribution in [0.2, 0.25) is 0 Å². The Kier molecular flexibility index (Phi) is 6.57. The maximum absolute atomic E-state index is 13.2. The minimum Gasteiger partial charge on any atom is -0.326 e. The van der Waals surface area contributed by atoms with Gasteiger partial charge in [-0.2, -0.15) is 13.2 Å². The van der Waals surface area contributed by atoms with E-state index < -0.39 is 17.6 Å². The molecule has 5 nitrogen and oxygen atoms in total. The maximum Gasteiger partial charge on any atom is 0.418 e. The van der Waals surface area contributed by atoms with Crippen molar-refractivity contribution in [2.75, 3.05) is 5.32 Å². The molecule has 0 aromatic heterocycles. The molecule has 144 valence electrons. The van der Waals surface area contributed by atoms with Gasteiger partial charge in [-0.3, -0.25) is 15.0 Å². The molecule has 0 unspecified atom stereocenters. The minimum absolute atomic E-state index is 0.163. The average molecular weight is 379 g/mol. The van der Waals surface area contributed by atoms with Gasteiger partial charge in [0.15, 0.2) is 0 Å². The predicted molar refractivity (Wildman–Crippen MR) is 95.6 cm³/mol. The van der Waals surface area contributed by atoms with Crippen LogP contribution in [0.1, 0.15) is 29.2 Å². The number of carbonyl (C=O) groups is 2. The molecule has 0 heterocycles. The Bertz CT molecular complexity index is 818. The molecule has 2 amide bonds. The Labute approximate surface area is 154 Å². The Balaban J connectivity index is 2.09. The first kappa shape index (κ1) is 20.4. The van der Waals surface area contributed by atoms with Gasteiger partial charge in [-0.05, 0) is 41.7 Å². The smallest absolute Gasteiger partial charge is 0.326 e. The average Bonchev–Trinajstić information content (AvgIpc) is 2.60. The molecule has 27 heavy (non-hydrogen) atoms. The van der Waals surface area contributed by atoms with E-state index >= 15 is 0 Å². The molecule has 0 saturated heterocycles. The highest BCUT2D eigenvalue weighted by Crippen LogP contribution is 2.35. The molecule has 2 aromatic rings. The summed E-state index contributed by atoms with van der Waals surface area (Å²) in [5.41, 5.74) is 3.19. The van der Waals surface area contributed by atoms with Gasteiger partial charge in [-0.25, -0.2) is 5.84 Å².